The largest absolute Gasteiger partial charge is 0.489 e. The van der Waals surface area contributed by atoms with E-state index in [1.807, 2.05) is 52.0 Å². The predicted octanol–water partition coefficient (Wildman–Crippen LogP) is 5.29. The van der Waals surface area contributed by atoms with Gasteiger partial charge in [-0.15, -0.1) is 0 Å². The third-order valence-electron chi connectivity index (χ3n) is 7.15. The van der Waals surface area contributed by atoms with Crippen LogP contribution in [-0.2, 0) is 18.3 Å². The van der Waals surface area contributed by atoms with Gasteiger partial charge in [0.1, 0.15) is 11.8 Å². The van der Waals surface area contributed by atoms with E-state index >= 15 is 0 Å². The maximum absolute atomic E-state index is 12.9. The molecular weight excluding hydrogens is 544 g/mol. The fourth-order valence-electron chi connectivity index (χ4n) is 4.76. The van der Waals surface area contributed by atoms with Crippen molar-refractivity contribution in [3.8, 4) is 17.0 Å². The van der Waals surface area contributed by atoms with Crippen LogP contribution in [0.15, 0.2) is 48.7 Å². The van der Waals surface area contributed by atoms with Crippen molar-refractivity contribution in [3.05, 3.63) is 70.6 Å². The first kappa shape index (κ1) is 31.8. The second-order valence-corrected chi connectivity index (χ2v) is 11.6. The van der Waals surface area contributed by atoms with Gasteiger partial charge in [-0.05, 0) is 69.2 Å². The SMILES string of the molecule is CC(=O)c1nc(-c2ccc(CC(C)(CC[C@H](C)NC(=O)c3ccc(OC(C)C)c(Cl)c3)[C@H](N)C(=O)O)cc2)cn1C. The van der Waals surface area contributed by atoms with E-state index in [1.54, 1.807) is 36.0 Å². The van der Waals surface area contributed by atoms with Crippen molar-refractivity contribution in [2.75, 3.05) is 0 Å². The Labute approximate surface area is 246 Å². The average Bonchev–Trinajstić information content (AvgIpc) is 3.30. The Kier molecular flexibility index (Phi) is 10.3. The number of carboxylic acid groups (broad SMARTS) is 1. The molecule has 3 atom stereocenters. The van der Waals surface area contributed by atoms with Crippen LogP contribution in [0, 0.1) is 5.41 Å². The molecule has 0 aliphatic carbocycles. The highest BCUT2D eigenvalue weighted by atomic mass is 35.5. The quantitative estimate of drug-likeness (QED) is 0.233. The van der Waals surface area contributed by atoms with Crippen LogP contribution in [0.3, 0.4) is 0 Å². The van der Waals surface area contributed by atoms with Crippen LogP contribution in [0.1, 0.15) is 74.0 Å². The van der Waals surface area contributed by atoms with Crippen molar-refractivity contribution < 1.29 is 24.2 Å². The smallest absolute Gasteiger partial charge is 0.321 e. The second-order valence-electron chi connectivity index (χ2n) is 11.2. The lowest BCUT2D eigenvalue weighted by Crippen LogP contribution is -2.47. The van der Waals surface area contributed by atoms with Gasteiger partial charge in [-0.25, -0.2) is 4.98 Å². The molecule has 1 heterocycles. The number of nitrogens with zero attached hydrogens (tertiary/aromatic N) is 2. The molecule has 10 heteroatoms. The summed E-state index contributed by atoms with van der Waals surface area (Å²) < 4.78 is 7.32. The first-order chi connectivity index (χ1) is 19.2. The molecule has 41 heavy (non-hydrogen) atoms. The Morgan fingerprint density at radius 2 is 1.80 bits per heavy atom. The van der Waals surface area contributed by atoms with Crippen LogP contribution in [0.5, 0.6) is 5.75 Å². The normalized spacial score (nSPS) is 14.3. The highest BCUT2D eigenvalue weighted by molar-refractivity contribution is 6.32. The minimum Gasteiger partial charge on any atom is -0.489 e. The number of ether oxygens (including phenoxy) is 1. The molecule has 3 rings (SSSR count). The van der Waals surface area contributed by atoms with Crippen molar-refractivity contribution in [1.82, 2.24) is 14.9 Å². The lowest BCUT2D eigenvalue weighted by molar-refractivity contribution is -0.141. The minimum atomic E-state index is -1.11. The summed E-state index contributed by atoms with van der Waals surface area (Å²) in [5, 5.41) is 13.1. The van der Waals surface area contributed by atoms with Crippen molar-refractivity contribution in [2.24, 2.45) is 18.2 Å². The van der Waals surface area contributed by atoms with E-state index in [4.69, 9.17) is 22.1 Å². The lowest BCUT2D eigenvalue weighted by Gasteiger charge is -2.34. The number of amides is 1. The zero-order valence-electron chi connectivity index (χ0n) is 24.4. The van der Waals surface area contributed by atoms with E-state index in [9.17, 15) is 19.5 Å². The number of aliphatic carboxylic acids is 1. The first-order valence-corrected chi connectivity index (χ1v) is 14.0. The number of carbonyl (C=O) groups excluding carboxylic acids is 2. The van der Waals surface area contributed by atoms with E-state index in [1.165, 1.54) is 6.92 Å². The molecule has 1 amide bonds. The fraction of sp³-hybridized carbons (Fsp3) is 0.419. The van der Waals surface area contributed by atoms with Crippen LogP contribution in [0.25, 0.3) is 11.3 Å². The summed E-state index contributed by atoms with van der Waals surface area (Å²) in [6, 6.07) is 11.2. The standard InChI is InChI=1S/C31H39ClN4O5/c1-18(2)41-26-12-11-23(15-24(26)32)29(38)34-19(3)13-14-31(5,27(33)30(39)40)16-21-7-9-22(10-8-21)25-17-36(6)28(35-25)20(4)37/h7-12,15,17-19,27H,13-14,16,33H2,1-6H3,(H,34,38)(H,39,40)/t19-,27+,31?/m0/s1. The first-order valence-electron chi connectivity index (χ1n) is 13.6. The number of Topliss-reactive ketones (excluding diaryl/α,β-unsaturated/α-hetero) is 1. The number of hydrogen-bond acceptors (Lipinski definition) is 6. The van der Waals surface area contributed by atoms with Crippen LogP contribution in [0.2, 0.25) is 5.02 Å². The number of nitrogens with two attached hydrogens (primary N) is 1. The van der Waals surface area contributed by atoms with Crippen LogP contribution < -0.4 is 15.8 Å². The van der Waals surface area contributed by atoms with Gasteiger partial charge in [0.2, 0.25) is 0 Å². The fourth-order valence-corrected chi connectivity index (χ4v) is 4.99. The summed E-state index contributed by atoms with van der Waals surface area (Å²) in [5.41, 5.74) is 8.28. The molecule has 0 saturated heterocycles. The number of halogens is 1. The molecule has 0 radical (unpaired) electrons. The number of carbonyl (C=O) groups is 3. The Hall–Kier alpha value is -3.69. The Morgan fingerprint density at radius 3 is 2.34 bits per heavy atom. The molecule has 9 nitrogen and oxygen atoms in total. The van der Waals surface area contributed by atoms with Crippen molar-refractivity contribution in [3.63, 3.8) is 0 Å². The molecule has 0 spiro atoms. The number of aromatic nitrogens is 2. The maximum Gasteiger partial charge on any atom is 0.321 e. The molecule has 1 aromatic heterocycles. The average molecular weight is 583 g/mol. The van der Waals surface area contributed by atoms with Gasteiger partial charge in [-0.3, -0.25) is 14.4 Å². The molecular formula is C31H39ClN4O5. The number of imidazole rings is 1. The topological polar surface area (TPSA) is 137 Å². The summed E-state index contributed by atoms with van der Waals surface area (Å²) in [5.74, 6) is -0.580. The van der Waals surface area contributed by atoms with E-state index in [0.29, 0.717) is 47.1 Å². The number of carboxylic acids is 1. The number of nitrogens with one attached hydrogen (secondary N) is 1. The lowest BCUT2D eigenvalue weighted by atomic mass is 9.73. The third-order valence-corrected chi connectivity index (χ3v) is 7.44. The van der Waals surface area contributed by atoms with Gasteiger partial charge in [-0.1, -0.05) is 42.8 Å². The molecule has 3 aromatic rings. The van der Waals surface area contributed by atoms with Crippen LogP contribution in [0.4, 0.5) is 0 Å². The summed E-state index contributed by atoms with van der Waals surface area (Å²) in [6.07, 6.45) is 3.17. The summed E-state index contributed by atoms with van der Waals surface area (Å²) in [4.78, 5) is 41.0. The summed E-state index contributed by atoms with van der Waals surface area (Å²) in [6.45, 7) is 9.00. The monoisotopic (exact) mass is 582 g/mol. The summed E-state index contributed by atoms with van der Waals surface area (Å²) in [7, 11) is 1.78. The van der Waals surface area contributed by atoms with Gasteiger partial charge < -0.3 is 25.5 Å². The number of rotatable bonds is 13. The summed E-state index contributed by atoms with van der Waals surface area (Å²) >= 11 is 6.29. The zero-order chi connectivity index (χ0) is 30.5. The predicted molar refractivity (Wildman–Crippen MR) is 159 cm³/mol. The van der Waals surface area contributed by atoms with Crippen LogP contribution >= 0.6 is 11.6 Å². The number of benzene rings is 2. The molecule has 0 bridgehead atoms. The highest BCUT2D eigenvalue weighted by Gasteiger charge is 2.37. The minimum absolute atomic E-state index is 0.0431. The van der Waals surface area contributed by atoms with Gasteiger partial charge in [0.25, 0.3) is 5.91 Å². The number of aryl methyl sites for hydroxylation is 1. The van der Waals surface area contributed by atoms with E-state index in [-0.39, 0.29) is 23.8 Å². The van der Waals surface area contributed by atoms with Crippen LogP contribution in [-0.4, -0.2) is 50.5 Å². The Bertz CT molecular complexity index is 1400. The highest BCUT2D eigenvalue weighted by Crippen LogP contribution is 2.33. The van der Waals surface area contributed by atoms with E-state index in [2.05, 4.69) is 10.3 Å². The van der Waals surface area contributed by atoms with E-state index < -0.39 is 17.4 Å². The van der Waals surface area contributed by atoms with Crippen molar-refractivity contribution in [2.45, 2.75) is 72.1 Å². The number of hydrogen-bond donors (Lipinski definition) is 3. The Balaban J connectivity index is 1.68. The molecule has 0 aliphatic rings. The second kappa shape index (κ2) is 13.3. The molecule has 2 aromatic carbocycles. The van der Waals surface area contributed by atoms with Crippen molar-refractivity contribution >= 4 is 29.3 Å². The molecule has 4 N–H and O–H groups in total. The van der Waals surface area contributed by atoms with Gasteiger partial charge in [0.05, 0.1) is 16.8 Å². The number of ketones is 1. The molecule has 1 unspecified atom stereocenters. The molecule has 0 saturated carbocycles. The van der Waals surface area contributed by atoms with Gasteiger partial charge in [0, 0.05) is 37.3 Å². The maximum atomic E-state index is 12.9. The van der Waals surface area contributed by atoms with Gasteiger partial charge in [0.15, 0.2) is 11.6 Å². The molecule has 0 aliphatic heterocycles. The molecule has 220 valence electrons. The van der Waals surface area contributed by atoms with Crippen molar-refractivity contribution in [1.29, 1.82) is 0 Å². The third kappa shape index (κ3) is 8.17. The van der Waals surface area contributed by atoms with E-state index in [0.717, 1.165) is 11.1 Å². The van der Waals surface area contributed by atoms with Gasteiger partial charge >= 0.3 is 5.97 Å². The Morgan fingerprint density at radius 1 is 1.15 bits per heavy atom. The van der Waals surface area contributed by atoms with Gasteiger partial charge in [-0.2, -0.15) is 0 Å². The molecule has 0 fully saturated rings. The zero-order valence-corrected chi connectivity index (χ0v) is 25.2.